The molecule has 1 aromatic carbocycles. The second-order valence-corrected chi connectivity index (χ2v) is 3.49. The molecule has 1 aliphatic rings. The highest BCUT2D eigenvalue weighted by Gasteiger charge is 2.05. The minimum Gasteiger partial charge on any atom is -0.272 e. The lowest BCUT2D eigenvalue weighted by molar-refractivity contribution is -0.117. The van der Waals surface area contributed by atoms with Gasteiger partial charge >= 0.3 is 0 Å². The number of carbonyl (C=O) groups excluding carboxylic acids is 1. The number of carbonyl (C=O) groups is 1. The summed E-state index contributed by atoms with van der Waals surface area (Å²) < 4.78 is 0. The Hall–Kier alpha value is -2.03. The molecule has 1 aromatic heterocycles. The highest BCUT2D eigenvalue weighted by molar-refractivity contribution is 5.86. The van der Waals surface area contributed by atoms with Crippen LogP contribution in [-0.2, 0) is 4.79 Å². The molecular formula is C12H8N2O. The van der Waals surface area contributed by atoms with Crippen LogP contribution in [0, 0.1) is 0 Å². The first-order valence-corrected chi connectivity index (χ1v) is 4.80. The summed E-state index contributed by atoms with van der Waals surface area (Å²) in [6, 6.07) is 7.83. The van der Waals surface area contributed by atoms with Crippen LogP contribution < -0.4 is 10.6 Å². The summed E-state index contributed by atoms with van der Waals surface area (Å²) in [5, 5.41) is 2.73. The SMILES string of the molecule is O=C1CC=c2ccc3cccnc3c2=N1. The molecule has 15 heavy (non-hydrogen) atoms. The van der Waals surface area contributed by atoms with E-state index in [2.05, 4.69) is 9.98 Å². The smallest absolute Gasteiger partial charge is 0.250 e. The Labute approximate surface area is 85.8 Å². The van der Waals surface area contributed by atoms with Crippen LogP contribution in [0.1, 0.15) is 6.42 Å². The van der Waals surface area contributed by atoms with Crippen molar-refractivity contribution in [3.8, 4) is 0 Å². The number of hydrogen-bond donors (Lipinski definition) is 0. The molecule has 0 saturated carbocycles. The van der Waals surface area contributed by atoms with Crippen molar-refractivity contribution in [3.05, 3.63) is 41.0 Å². The van der Waals surface area contributed by atoms with Crippen molar-refractivity contribution in [2.75, 3.05) is 0 Å². The van der Waals surface area contributed by atoms with Gasteiger partial charge < -0.3 is 0 Å². The predicted molar refractivity (Wildman–Crippen MR) is 56.6 cm³/mol. The number of benzene rings is 1. The number of hydrogen-bond acceptors (Lipinski definition) is 2. The standard InChI is InChI=1S/C12H8N2O/c15-10-6-5-9-4-3-8-2-1-7-13-11(8)12(9)14-10/h1-5,7H,6H2. The minimum atomic E-state index is -0.0966. The number of pyridine rings is 1. The first-order chi connectivity index (χ1) is 7.34. The first kappa shape index (κ1) is 8.29. The van der Waals surface area contributed by atoms with E-state index >= 15 is 0 Å². The Bertz CT molecular complexity index is 674. The molecule has 1 aliphatic heterocycles. The van der Waals surface area contributed by atoms with E-state index < -0.39 is 0 Å². The van der Waals surface area contributed by atoms with Gasteiger partial charge in [-0.15, -0.1) is 0 Å². The lowest BCUT2D eigenvalue weighted by Crippen LogP contribution is -2.30. The van der Waals surface area contributed by atoms with E-state index in [0.717, 1.165) is 16.1 Å². The van der Waals surface area contributed by atoms with Gasteiger partial charge in [0.05, 0.1) is 5.52 Å². The molecule has 2 heterocycles. The molecule has 1 amide bonds. The van der Waals surface area contributed by atoms with Gasteiger partial charge in [-0.3, -0.25) is 9.78 Å². The zero-order valence-corrected chi connectivity index (χ0v) is 7.97. The highest BCUT2D eigenvalue weighted by Crippen LogP contribution is 2.04. The van der Waals surface area contributed by atoms with Crippen molar-refractivity contribution < 1.29 is 4.79 Å². The van der Waals surface area contributed by atoms with Gasteiger partial charge in [-0.05, 0) is 11.3 Å². The van der Waals surface area contributed by atoms with Crippen molar-refractivity contribution >= 4 is 22.9 Å². The molecule has 0 fully saturated rings. The van der Waals surface area contributed by atoms with Crippen LogP contribution in [0.5, 0.6) is 0 Å². The van der Waals surface area contributed by atoms with Crippen LogP contribution in [0.25, 0.3) is 17.0 Å². The number of nitrogens with zero attached hydrogens (tertiary/aromatic N) is 2. The Morgan fingerprint density at radius 2 is 2.13 bits per heavy atom. The second kappa shape index (κ2) is 2.98. The van der Waals surface area contributed by atoms with Gasteiger partial charge in [0.2, 0.25) is 5.91 Å². The molecule has 3 nitrogen and oxygen atoms in total. The van der Waals surface area contributed by atoms with Gasteiger partial charge in [0.25, 0.3) is 0 Å². The summed E-state index contributed by atoms with van der Waals surface area (Å²) in [5.41, 5.74) is 0.805. The maximum atomic E-state index is 11.2. The Balaban J connectivity index is 2.59. The molecule has 0 radical (unpaired) electrons. The molecule has 72 valence electrons. The molecule has 0 spiro atoms. The normalized spacial score (nSPS) is 14.3. The van der Waals surface area contributed by atoms with Crippen LogP contribution in [-0.4, -0.2) is 10.9 Å². The number of amides is 1. The molecule has 0 atom stereocenters. The largest absolute Gasteiger partial charge is 0.272 e. The van der Waals surface area contributed by atoms with Crippen molar-refractivity contribution in [2.45, 2.75) is 6.42 Å². The summed E-state index contributed by atoms with van der Waals surface area (Å²) in [6.07, 6.45) is 4.02. The van der Waals surface area contributed by atoms with Gasteiger partial charge in [-0.2, -0.15) is 0 Å². The third-order valence-electron chi connectivity index (χ3n) is 2.51. The molecule has 0 unspecified atom stereocenters. The third kappa shape index (κ3) is 1.24. The third-order valence-corrected chi connectivity index (χ3v) is 2.51. The maximum absolute atomic E-state index is 11.2. The van der Waals surface area contributed by atoms with E-state index in [1.807, 2.05) is 30.3 Å². The van der Waals surface area contributed by atoms with Crippen molar-refractivity contribution in [1.82, 2.24) is 4.98 Å². The maximum Gasteiger partial charge on any atom is 0.250 e. The topological polar surface area (TPSA) is 42.3 Å². The summed E-state index contributed by atoms with van der Waals surface area (Å²) in [5.74, 6) is -0.0966. The fourth-order valence-electron chi connectivity index (χ4n) is 1.80. The molecule has 0 bridgehead atoms. The second-order valence-electron chi connectivity index (χ2n) is 3.49. The summed E-state index contributed by atoms with van der Waals surface area (Å²) >= 11 is 0. The fraction of sp³-hybridized carbons (Fsp3) is 0.0833. The predicted octanol–water partition coefficient (Wildman–Crippen LogP) is 0.565. The van der Waals surface area contributed by atoms with E-state index in [0.29, 0.717) is 11.8 Å². The molecule has 0 N–H and O–H groups in total. The van der Waals surface area contributed by atoms with E-state index in [9.17, 15) is 4.79 Å². The molecule has 0 saturated heterocycles. The van der Waals surface area contributed by atoms with Crippen LogP contribution >= 0.6 is 0 Å². The van der Waals surface area contributed by atoms with Gasteiger partial charge in [0, 0.05) is 18.0 Å². The van der Waals surface area contributed by atoms with E-state index in [-0.39, 0.29) is 5.91 Å². The van der Waals surface area contributed by atoms with Crippen molar-refractivity contribution in [2.24, 2.45) is 4.99 Å². The van der Waals surface area contributed by atoms with Crippen LogP contribution in [0.3, 0.4) is 0 Å². The summed E-state index contributed by atoms with van der Waals surface area (Å²) in [6.45, 7) is 0. The minimum absolute atomic E-state index is 0.0966. The Kier molecular flexibility index (Phi) is 1.65. The number of rotatable bonds is 0. The van der Waals surface area contributed by atoms with Crippen LogP contribution in [0.4, 0.5) is 0 Å². The molecule has 3 heteroatoms. The Morgan fingerprint density at radius 3 is 3.07 bits per heavy atom. The Morgan fingerprint density at radius 1 is 1.20 bits per heavy atom. The van der Waals surface area contributed by atoms with Crippen molar-refractivity contribution in [1.29, 1.82) is 0 Å². The van der Waals surface area contributed by atoms with Crippen LogP contribution in [0.2, 0.25) is 0 Å². The zero-order chi connectivity index (χ0) is 10.3. The monoisotopic (exact) mass is 196 g/mol. The highest BCUT2D eigenvalue weighted by atomic mass is 16.1. The van der Waals surface area contributed by atoms with Crippen molar-refractivity contribution in [3.63, 3.8) is 0 Å². The molecule has 2 aromatic rings. The van der Waals surface area contributed by atoms with E-state index in [4.69, 9.17) is 0 Å². The number of aromatic nitrogens is 1. The van der Waals surface area contributed by atoms with Gasteiger partial charge in [-0.25, -0.2) is 4.99 Å². The average molecular weight is 196 g/mol. The van der Waals surface area contributed by atoms with Gasteiger partial charge in [-0.1, -0.05) is 24.3 Å². The van der Waals surface area contributed by atoms with Crippen LogP contribution in [0.15, 0.2) is 35.5 Å². The average Bonchev–Trinajstić information content (AvgIpc) is 2.29. The summed E-state index contributed by atoms with van der Waals surface area (Å²) in [4.78, 5) is 19.5. The quantitative estimate of drug-likeness (QED) is 0.618. The molecule has 0 aliphatic carbocycles. The zero-order valence-electron chi connectivity index (χ0n) is 7.97. The van der Waals surface area contributed by atoms with E-state index in [1.165, 1.54) is 0 Å². The summed E-state index contributed by atoms with van der Waals surface area (Å²) in [7, 11) is 0. The molecule has 3 rings (SSSR count). The lowest BCUT2D eigenvalue weighted by atomic mass is 10.1. The fourth-order valence-corrected chi connectivity index (χ4v) is 1.80. The number of fused-ring (bicyclic) bond motifs is 3. The van der Waals surface area contributed by atoms with Gasteiger partial charge in [0.1, 0.15) is 5.36 Å². The lowest BCUT2D eigenvalue weighted by Gasteiger charge is -2.01. The molecular weight excluding hydrogens is 188 g/mol. The van der Waals surface area contributed by atoms with Gasteiger partial charge in [0.15, 0.2) is 0 Å². The first-order valence-electron chi connectivity index (χ1n) is 4.80. The van der Waals surface area contributed by atoms with E-state index in [1.54, 1.807) is 6.20 Å².